The van der Waals surface area contributed by atoms with Gasteiger partial charge in [0.25, 0.3) is 0 Å². The second kappa shape index (κ2) is 7.28. The first-order chi connectivity index (χ1) is 9.79. The molecule has 0 unspecified atom stereocenters. The number of carbonyl (C=O) groups is 3. The van der Waals surface area contributed by atoms with E-state index < -0.39 is 30.4 Å². The van der Waals surface area contributed by atoms with E-state index in [1.807, 2.05) is 12.1 Å². The topological polar surface area (TPSA) is 122 Å². The Morgan fingerprint density at radius 3 is 2.19 bits per heavy atom. The molecule has 0 bridgehead atoms. The predicted molar refractivity (Wildman–Crippen MR) is 77.9 cm³/mol. The van der Waals surface area contributed by atoms with Crippen molar-refractivity contribution >= 4 is 23.6 Å². The number of carbonyl (C=O) groups excluding carboxylic acids is 2. The van der Waals surface area contributed by atoms with Gasteiger partial charge in [-0.25, -0.2) is 9.59 Å². The molecule has 0 radical (unpaired) electrons. The van der Waals surface area contributed by atoms with Gasteiger partial charge in [0.15, 0.2) is 0 Å². The van der Waals surface area contributed by atoms with E-state index in [0.717, 1.165) is 5.56 Å². The number of hydrogen-bond acceptors (Lipinski definition) is 3. The zero-order chi connectivity index (χ0) is 16.0. The van der Waals surface area contributed by atoms with Crippen LogP contribution in [0.1, 0.15) is 31.7 Å². The van der Waals surface area contributed by atoms with Gasteiger partial charge in [-0.1, -0.05) is 26.0 Å². The highest BCUT2D eigenvalue weighted by atomic mass is 16.4. The minimum absolute atomic E-state index is 0.375. The van der Waals surface area contributed by atoms with Crippen LogP contribution in [0.25, 0.3) is 0 Å². The molecule has 0 spiro atoms. The van der Waals surface area contributed by atoms with Gasteiger partial charge in [-0.15, -0.1) is 0 Å². The number of benzene rings is 1. The Labute approximate surface area is 122 Å². The summed E-state index contributed by atoms with van der Waals surface area (Å²) in [5, 5.41) is 13.6. The van der Waals surface area contributed by atoms with Gasteiger partial charge in [0.1, 0.15) is 6.04 Å². The molecular weight excluding hydrogens is 274 g/mol. The summed E-state index contributed by atoms with van der Waals surface area (Å²) < 4.78 is 0. The number of hydrogen-bond donors (Lipinski definition) is 4. The number of nitrogens with two attached hydrogens (primary N) is 1. The molecule has 0 aliphatic carbocycles. The Hall–Kier alpha value is -2.57. The summed E-state index contributed by atoms with van der Waals surface area (Å²) in [7, 11) is 0. The van der Waals surface area contributed by atoms with Crippen molar-refractivity contribution < 1.29 is 19.5 Å². The van der Waals surface area contributed by atoms with E-state index in [-0.39, 0.29) is 0 Å². The summed E-state index contributed by atoms with van der Waals surface area (Å²) in [6.07, 6.45) is -0.463. The summed E-state index contributed by atoms with van der Waals surface area (Å²) in [5.74, 6) is -1.75. The number of urea groups is 1. The van der Waals surface area contributed by atoms with Gasteiger partial charge in [0.05, 0.1) is 6.42 Å². The SMILES string of the molecule is CC(C)c1ccc(NC(=O)N[C@@H](CC(N)=O)C(=O)O)cc1. The summed E-state index contributed by atoms with van der Waals surface area (Å²) in [5.41, 5.74) is 6.58. The number of primary amides is 1. The fourth-order valence-electron chi connectivity index (χ4n) is 1.68. The summed E-state index contributed by atoms with van der Waals surface area (Å²) in [6.45, 7) is 4.10. The monoisotopic (exact) mass is 293 g/mol. The minimum atomic E-state index is -1.35. The third-order valence-electron chi connectivity index (χ3n) is 2.84. The third kappa shape index (κ3) is 5.52. The van der Waals surface area contributed by atoms with E-state index in [2.05, 4.69) is 24.5 Å². The van der Waals surface area contributed by atoms with Gasteiger partial charge in [-0.05, 0) is 23.6 Å². The molecule has 0 saturated carbocycles. The zero-order valence-electron chi connectivity index (χ0n) is 11.9. The van der Waals surface area contributed by atoms with Crippen molar-refractivity contribution in [2.45, 2.75) is 32.2 Å². The molecule has 0 aliphatic heterocycles. The molecule has 1 aromatic carbocycles. The Morgan fingerprint density at radius 1 is 1.19 bits per heavy atom. The van der Waals surface area contributed by atoms with E-state index in [1.165, 1.54) is 0 Å². The van der Waals surface area contributed by atoms with Crippen LogP contribution in [0.2, 0.25) is 0 Å². The van der Waals surface area contributed by atoms with Crippen molar-refractivity contribution in [1.82, 2.24) is 5.32 Å². The maximum Gasteiger partial charge on any atom is 0.326 e. The van der Waals surface area contributed by atoms with Crippen LogP contribution in [0.3, 0.4) is 0 Å². The Balaban J connectivity index is 2.63. The fraction of sp³-hybridized carbons (Fsp3) is 0.357. The highest BCUT2D eigenvalue weighted by Crippen LogP contribution is 2.17. The van der Waals surface area contributed by atoms with Crippen LogP contribution in [0.5, 0.6) is 0 Å². The molecule has 0 heterocycles. The lowest BCUT2D eigenvalue weighted by molar-refractivity contribution is -0.140. The molecule has 1 rings (SSSR count). The van der Waals surface area contributed by atoms with Crippen molar-refractivity contribution in [3.63, 3.8) is 0 Å². The Kier molecular flexibility index (Phi) is 5.71. The molecule has 0 aliphatic rings. The number of amides is 3. The van der Waals surface area contributed by atoms with Gasteiger partial charge in [0, 0.05) is 5.69 Å². The van der Waals surface area contributed by atoms with E-state index in [9.17, 15) is 14.4 Å². The van der Waals surface area contributed by atoms with Crippen LogP contribution in [-0.2, 0) is 9.59 Å². The van der Waals surface area contributed by atoms with Crippen LogP contribution >= 0.6 is 0 Å². The van der Waals surface area contributed by atoms with Gasteiger partial charge in [0.2, 0.25) is 5.91 Å². The van der Waals surface area contributed by atoms with Crippen molar-refractivity contribution in [1.29, 1.82) is 0 Å². The van der Waals surface area contributed by atoms with Gasteiger partial charge in [-0.3, -0.25) is 4.79 Å². The van der Waals surface area contributed by atoms with E-state index >= 15 is 0 Å². The van der Waals surface area contributed by atoms with E-state index in [1.54, 1.807) is 12.1 Å². The number of nitrogens with one attached hydrogen (secondary N) is 2. The van der Waals surface area contributed by atoms with Crippen molar-refractivity contribution in [3.8, 4) is 0 Å². The molecule has 0 fully saturated rings. The lowest BCUT2D eigenvalue weighted by atomic mass is 10.0. The van der Waals surface area contributed by atoms with Crippen LogP contribution in [0, 0.1) is 0 Å². The average Bonchev–Trinajstić information content (AvgIpc) is 2.37. The number of carboxylic acids is 1. The largest absolute Gasteiger partial charge is 0.480 e. The maximum atomic E-state index is 11.7. The van der Waals surface area contributed by atoms with Gasteiger partial charge < -0.3 is 21.5 Å². The number of aliphatic carboxylic acids is 1. The zero-order valence-corrected chi connectivity index (χ0v) is 11.9. The lowest BCUT2D eigenvalue weighted by Crippen LogP contribution is -2.45. The number of anilines is 1. The van der Waals surface area contributed by atoms with E-state index in [0.29, 0.717) is 11.6 Å². The second-order valence-electron chi connectivity index (χ2n) is 4.94. The molecule has 7 heteroatoms. The molecular formula is C14H19N3O4. The first-order valence-corrected chi connectivity index (χ1v) is 6.48. The second-order valence-corrected chi connectivity index (χ2v) is 4.94. The highest BCUT2D eigenvalue weighted by Gasteiger charge is 2.22. The molecule has 0 aromatic heterocycles. The molecule has 21 heavy (non-hydrogen) atoms. The van der Waals surface area contributed by atoms with Crippen LogP contribution < -0.4 is 16.4 Å². The molecule has 0 saturated heterocycles. The summed E-state index contributed by atoms with van der Waals surface area (Å²) >= 11 is 0. The van der Waals surface area contributed by atoms with Gasteiger partial charge in [-0.2, -0.15) is 0 Å². The summed E-state index contributed by atoms with van der Waals surface area (Å²) in [6, 6.07) is 5.13. The first kappa shape index (κ1) is 16.5. The Bertz CT molecular complexity index is 526. The third-order valence-corrected chi connectivity index (χ3v) is 2.84. The molecule has 5 N–H and O–H groups in total. The average molecular weight is 293 g/mol. The molecule has 114 valence electrons. The molecule has 7 nitrogen and oxygen atoms in total. The molecule has 1 aromatic rings. The smallest absolute Gasteiger partial charge is 0.326 e. The van der Waals surface area contributed by atoms with Crippen LogP contribution in [-0.4, -0.2) is 29.1 Å². The number of carboxylic acid groups (broad SMARTS) is 1. The summed E-state index contributed by atoms with van der Waals surface area (Å²) in [4.78, 5) is 33.3. The standard InChI is InChI=1S/C14H19N3O4/c1-8(2)9-3-5-10(6-4-9)16-14(21)17-11(13(19)20)7-12(15)18/h3-6,8,11H,7H2,1-2H3,(H2,15,18)(H,19,20)(H2,16,17,21)/t11-/m0/s1. The van der Waals surface area contributed by atoms with Crippen molar-refractivity contribution in [2.75, 3.05) is 5.32 Å². The lowest BCUT2D eigenvalue weighted by Gasteiger charge is -2.14. The van der Waals surface area contributed by atoms with Gasteiger partial charge >= 0.3 is 12.0 Å². The minimum Gasteiger partial charge on any atom is -0.480 e. The fourth-order valence-corrected chi connectivity index (χ4v) is 1.68. The Morgan fingerprint density at radius 2 is 1.76 bits per heavy atom. The van der Waals surface area contributed by atoms with Crippen molar-refractivity contribution in [3.05, 3.63) is 29.8 Å². The highest BCUT2D eigenvalue weighted by molar-refractivity contribution is 5.93. The first-order valence-electron chi connectivity index (χ1n) is 6.48. The van der Waals surface area contributed by atoms with Crippen LogP contribution in [0.15, 0.2) is 24.3 Å². The normalized spacial score (nSPS) is 11.8. The van der Waals surface area contributed by atoms with E-state index in [4.69, 9.17) is 10.8 Å². The number of rotatable bonds is 6. The molecule has 1 atom stereocenters. The predicted octanol–water partition coefficient (Wildman–Crippen LogP) is 1.26. The maximum absolute atomic E-state index is 11.7. The molecule has 3 amide bonds. The quantitative estimate of drug-likeness (QED) is 0.630. The van der Waals surface area contributed by atoms with Crippen LogP contribution in [0.4, 0.5) is 10.5 Å². The van der Waals surface area contributed by atoms with Crippen molar-refractivity contribution in [2.24, 2.45) is 5.73 Å².